The minimum atomic E-state index is 0.197. The van der Waals surface area contributed by atoms with Crippen LogP contribution < -0.4 is 5.73 Å². The summed E-state index contributed by atoms with van der Waals surface area (Å²) in [5.74, 6) is 1.16. The van der Waals surface area contributed by atoms with E-state index in [0.29, 0.717) is 18.4 Å². The molecule has 1 amide bonds. The molecule has 90 valence electrons. The van der Waals surface area contributed by atoms with E-state index in [1.807, 2.05) is 11.9 Å². The summed E-state index contributed by atoms with van der Waals surface area (Å²) >= 11 is 0. The first-order chi connectivity index (χ1) is 7.74. The summed E-state index contributed by atoms with van der Waals surface area (Å²) in [6, 6.07) is 0.276. The van der Waals surface area contributed by atoms with Gasteiger partial charge in [-0.1, -0.05) is 12.2 Å². The van der Waals surface area contributed by atoms with Gasteiger partial charge in [-0.3, -0.25) is 4.79 Å². The lowest BCUT2D eigenvalue weighted by molar-refractivity contribution is -0.136. The summed E-state index contributed by atoms with van der Waals surface area (Å²) in [6.07, 6.45) is 9.74. The summed E-state index contributed by atoms with van der Waals surface area (Å²) in [4.78, 5) is 14.2. The number of likely N-dealkylation sites (N-methyl/N-ethyl adjacent to an activating group) is 1. The maximum absolute atomic E-state index is 12.3. The lowest BCUT2D eigenvalue weighted by Crippen LogP contribution is -2.46. The van der Waals surface area contributed by atoms with Crippen molar-refractivity contribution in [3.63, 3.8) is 0 Å². The number of carbonyl (C=O) groups is 1. The highest BCUT2D eigenvalue weighted by Crippen LogP contribution is 2.35. The molecular weight excluding hydrogens is 200 g/mol. The molecule has 16 heavy (non-hydrogen) atoms. The van der Waals surface area contributed by atoms with Crippen molar-refractivity contribution in [2.45, 2.75) is 38.1 Å². The largest absolute Gasteiger partial charge is 0.341 e. The molecule has 0 aromatic carbocycles. The Morgan fingerprint density at radius 2 is 2.19 bits per heavy atom. The highest BCUT2D eigenvalue weighted by molar-refractivity contribution is 5.79. The standard InChI is InChI=1S/C13H22N2O/c1-15(12(9-14)10-7-8-10)13(16)11-5-3-2-4-6-11/h2-3,10-12H,4-9,14H2,1H3. The Kier molecular flexibility index (Phi) is 3.64. The summed E-state index contributed by atoms with van der Waals surface area (Å²) < 4.78 is 0. The maximum Gasteiger partial charge on any atom is 0.226 e. The van der Waals surface area contributed by atoms with E-state index >= 15 is 0 Å². The number of allylic oxidation sites excluding steroid dienone is 2. The quantitative estimate of drug-likeness (QED) is 0.733. The molecule has 2 atom stereocenters. The molecule has 0 spiro atoms. The van der Waals surface area contributed by atoms with E-state index in [9.17, 15) is 4.79 Å². The first kappa shape index (κ1) is 11.6. The first-order valence-corrected chi connectivity index (χ1v) is 6.35. The predicted molar refractivity (Wildman–Crippen MR) is 64.8 cm³/mol. The van der Waals surface area contributed by atoms with Gasteiger partial charge in [0.05, 0.1) is 0 Å². The molecule has 0 aliphatic heterocycles. The highest BCUT2D eigenvalue weighted by atomic mass is 16.2. The second-order valence-corrected chi connectivity index (χ2v) is 5.07. The average molecular weight is 222 g/mol. The third-order valence-corrected chi connectivity index (χ3v) is 3.87. The van der Waals surface area contributed by atoms with Crippen LogP contribution in [0.4, 0.5) is 0 Å². The fraction of sp³-hybridized carbons (Fsp3) is 0.769. The Labute approximate surface area is 97.7 Å². The summed E-state index contributed by atoms with van der Waals surface area (Å²) in [5.41, 5.74) is 5.77. The van der Waals surface area contributed by atoms with Crippen LogP contribution in [0.3, 0.4) is 0 Å². The molecule has 2 N–H and O–H groups in total. The number of nitrogens with two attached hydrogens (primary N) is 1. The number of amides is 1. The van der Waals surface area contributed by atoms with E-state index < -0.39 is 0 Å². The second-order valence-electron chi connectivity index (χ2n) is 5.07. The molecule has 0 radical (unpaired) electrons. The maximum atomic E-state index is 12.3. The van der Waals surface area contributed by atoms with Crippen molar-refractivity contribution in [2.24, 2.45) is 17.6 Å². The van der Waals surface area contributed by atoms with Crippen LogP contribution in [0, 0.1) is 11.8 Å². The van der Waals surface area contributed by atoms with E-state index in [1.54, 1.807) is 0 Å². The number of carbonyl (C=O) groups excluding carboxylic acids is 1. The van der Waals surface area contributed by atoms with Gasteiger partial charge in [-0.05, 0) is 38.0 Å². The topological polar surface area (TPSA) is 46.3 Å². The Balaban J connectivity index is 1.94. The highest BCUT2D eigenvalue weighted by Gasteiger charge is 2.36. The number of hydrogen-bond acceptors (Lipinski definition) is 2. The molecule has 0 aromatic rings. The van der Waals surface area contributed by atoms with Crippen LogP contribution in [0.15, 0.2) is 12.2 Å². The van der Waals surface area contributed by atoms with E-state index in [4.69, 9.17) is 5.73 Å². The SMILES string of the molecule is CN(C(=O)C1CC=CCC1)C(CN)C1CC1. The number of rotatable bonds is 4. The third kappa shape index (κ3) is 2.46. The first-order valence-electron chi connectivity index (χ1n) is 6.35. The molecule has 1 fully saturated rings. The van der Waals surface area contributed by atoms with E-state index in [1.165, 1.54) is 12.8 Å². The van der Waals surface area contributed by atoms with Crippen LogP contribution in [-0.4, -0.2) is 30.4 Å². The van der Waals surface area contributed by atoms with Gasteiger partial charge in [0.2, 0.25) is 5.91 Å². The van der Waals surface area contributed by atoms with Gasteiger partial charge < -0.3 is 10.6 Å². The zero-order valence-corrected chi connectivity index (χ0v) is 10.1. The van der Waals surface area contributed by atoms with Crippen LogP contribution in [-0.2, 0) is 4.79 Å². The Hall–Kier alpha value is -0.830. The zero-order valence-electron chi connectivity index (χ0n) is 10.1. The van der Waals surface area contributed by atoms with E-state index in [0.717, 1.165) is 19.3 Å². The minimum absolute atomic E-state index is 0.197. The van der Waals surface area contributed by atoms with Gasteiger partial charge in [-0.2, -0.15) is 0 Å². The molecule has 0 saturated heterocycles. The van der Waals surface area contributed by atoms with E-state index in [2.05, 4.69) is 12.2 Å². The van der Waals surface area contributed by atoms with Crippen molar-refractivity contribution in [2.75, 3.05) is 13.6 Å². The molecule has 2 aliphatic carbocycles. The summed E-state index contributed by atoms with van der Waals surface area (Å²) in [5, 5.41) is 0. The lowest BCUT2D eigenvalue weighted by atomic mass is 9.92. The van der Waals surface area contributed by atoms with Gasteiger partial charge in [0.1, 0.15) is 0 Å². The third-order valence-electron chi connectivity index (χ3n) is 3.87. The second kappa shape index (κ2) is 5.00. The number of nitrogens with zero attached hydrogens (tertiary/aromatic N) is 1. The molecule has 0 bridgehead atoms. The number of hydrogen-bond donors (Lipinski definition) is 1. The molecule has 0 aromatic heterocycles. The van der Waals surface area contributed by atoms with Gasteiger partial charge in [-0.15, -0.1) is 0 Å². The molecule has 3 nitrogen and oxygen atoms in total. The normalized spacial score (nSPS) is 26.5. The van der Waals surface area contributed by atoms with Crippen LogP contribution in [0.5, 0.6) is 0 Å². The predicted octanol–water partition coefficient (Wildman–Crippen LogP) is 1.54. The van der Waals surface area contributed by atoms with Gasteiger partial charge in [0, 0.05) is 25.6 Å². The Bertz CT molecular complexity index is 284. The monoisotopic (exact) mass is 222 g/mol. The minimum Gasteiger partial charge on any atom is -0.341 e. The summed E-state index contributed by atoms with van der Waals surface area (Å²) in [7, 11) is 1.93. The van der Waals surface area contributed by atoms with Gasteiger partial charge in [-0.25, -0.2) is 0 Å². The Morgan fingerprint density at radius 1 is 1.44 bits per heavy atom. The Morgan fingerprint density at radius 3 is 2.69 bits per heavy atom. The van der Waals surface area contributed by atoms with Crippen molar-refractivity contribution in [3.05, 3.63) is 12.2 Å². The van der Waals surface area contributed by atoms with Crippen molar-refractivity contribution in [1.29, 1.82) is 0 Å². The molecule has 1 saturated carbocycles. The fourth-order valence-electron chi connectivity index (χ4n) is 2.62. The molecule has 2 rings (SSSR count). The van der Waals surface area contributed by atoms with Crippen molar-refractivity contribution in [1.82, 2.24) is 4.90 Å². The van der Waals surface area contributed by atoms with Gasteiger partial charge in [0.15, 0.2) is 0 Å². The lowest BCUT2D eigenvalue weighted by Gasteiger charge is -2.31. The zero-order chi connectivity index (χ0) is 11.5. The molecular formula is C13H22N2O. The van der Waals surface area contributed by atoms with Gasteiger partial charge >= 0.3 is 0 Å². The van der Waals surface area contributed by atoms with Crippen molar-refractivity contribution < 1.29 is 4.79 Å². The average Bonchev–Trinajstić information content (AvgIpc) is 3.14. The molecule has 0 heterocycles. The van der Waals surface area contributed by atoms with Crippen LogP contribution in [0.2, 0.25) is 0 Å². The van der Waals surface area contributed by atoms with Crippen LogP contribution in [0.1, 0.15) is 32.1 Å². The summed E-state index contributed by atoms with van der Waals surface area (Å²) in [6.45, 7) is 0.607. The fourth-order valence-corrected chi connectivity index (χ4v) is 2.62. The molecule has 3 heteroatoms. The smallest absolute Gasteiger partial charge is 0.226 e. The van der Waals surface area contributed by atoms with Crippen LogP contribution in [0.25, 0.3) is 0 Å². The molecule has 2 unspecified atom stereocenters. The van der Waals surface area contributed by atoms with Gasteiger partial charge in [0.25, 0.3) is 0 Å². The molecule has 2 aliphatic rings. The van der Waals surface area contributed by atoms with E-state index in [-0.39, 0.29) is 12.0 Å². The van der Waals surface area contributed by atoms with Crippen molar-refractivity contribution >= 4 is 5.91 Å². The van der Waals surface area contributed by atoms with Crippen molar-refractivity contribution in [3.8, 4) is 0 Å². The van der Waals surface area contributed by atoms with Crippen LogP contribution >= 0.6 is 0 Å².